The number of benzene rings is 2. The molecule has 0 bridgehead atoms. The smallest absolute Gasteiger partial charge is 0.369 e. The third kappa shape index (κ3) is 4.35. The van der Waals surface area contributed by atoms with Crippen molar-refractivity contribution in [2.45, 2.75) is 51.7 Å². The number of carbonyl (C=O) groups excluding carboxylic acids is 1. The first kappa shape index (κ1) is 21.9. The number of aryl methyl sites for hydroxylation is 1. The fourth-order valence-electron chi connectivity index (χ4n) is 3.94. The number of nitrogens with one attached hydrogen (secondary N) is 1. The summed E-state index contributed by atoms with van der Waals surface area (Å²) in [6.07, 6.45) is -1.95. The van der Waals surface area contributed by atoms with Crippen molar-refractivity contribution in [1.29, 1.82) is 0 Å². The van der Waals surface area contributed by atoms with Crippen LogP contribution in [0.5, 0.6) is 0 Å². The molecule has 1 atom stereocenters. The minimum Gasteiger partial charge on any atom is -0.369 e. The Balaban J connectivity index is 1.79. The van der Waals surface area contributed by atoms with E-state index in [1.54, 1.807) is 0 Å². The molecule has 1 aliphatic heterocycles. The van der Waals surface area contributed by atoms with Gasteiger partial charge in [0.1, 0.15) is 0 Å². The van der Waals surface area contributed by atoms with Crippen molar-refractivity contribution in [3.05, 3.63) is 64.2 Å². The van der Waals surface area contributed by atoms with Gasteiger partial charge in [0.2, 0.25) is 0 Å². The highest BCUT2D eigenvalue weighted by molar-refractivity contribution is 5.95. The highest BCUT2D eigenvalue weighted by atomic mass is 19.4. The third-order valence-electron chi connectivity index (χ3n) is 5.84. The molecule has 1 amide bonds. The van der Waals surface area contributed by atoms with Gasteiger partial charge >= 0.3 is 6.18 Å². The predicted octanol–water partition coefficient (Wildman–Crippen LogP) is 5.50. The second-order valence-corrected chi connectivity index (χ2v) is 8.52. The Hall–Kier alpha value is -2.83. The number of nitrogens with zero attached hydrogens (tertiary/aromatic N) is 2. The van der Waals surface area contributed by atoms with Gasteiger partial charge in [0, 0.05) is 23.8 Å². The maximum atomic E-state index is 12.8. The van der Waals surface area contributed by atoms with Crippen LogP contribution in [0.3, 0.4) is 0 Å². The lowest BCUT2D eigenvalue weighted by Crippen LogP contribution is -2.45. The van der Waals surface area contributed by atoms with Crippen molar-refractivity contribution >= 4 is 17.8 Å². The van der Waals surface area contributed by atoms with Crippen LogP contribution >= 0.6 is 0 Å². The standard InChI is InChI=1S/C23H26F3N3O/c1-14-9-20-19(15(2)12-22(3,4)29(20)5)11-17(14)13-27-28-21(30)16-7-6-8-18(10-16)23(24,25)26/h6-11,13,15H,12H2,1-5H3,(H,28,30)/b27-13+. The van der Waals surface area contributed by atoms with Gasteiger partial charge in [-0.3, -0.25) is 4.79 Å². The molecule has 2 aromatic carbocycles. The number of hydrogen-bond acceptors (Lipinski definition) is 3. The van der Waals surface area contributed by atoms with E-state index in [0.29, 0.717) is 5.92 Å². The van der Waals surface area contributed by atoms with E-state index >= 15 is 0 Å². The molecule has 1 unspecified atom stereocenters. The van der Waals surface area contributed by atoms with Crippen LogP contribution in [-0.2, 0) is 6.18 Å². The molecule has 0 radical (unpaired) electrons. The Bertz CT molecular complexity index is 996. The normalized spacial score (nSPS) is 18.4. The highest BCUT2D eigenvalue weighted by Crippen LogP contribution is 2.43. The molecule has 1 N–H and O–H groups in total. The zero-order valence-electron chi connectivity index (χ0n) is 17.8. The largest absolute Gasteiger partial charge is 0.416 e. The summed E-state index contributed by atoms with van der Waals surface area (Å²) in [5.41, 5.74) is 5.68. The molecule has 30 heavy (non-hydrogen) atoms. The Morgan fingerprint density at radius 1 is 1.27 bits per heavy atom. The van der Waals surface area contributed by atoms with Gasteiger partial charge in [-0.2, -0.15) is 18.3 Å². The molecule has 0 saturated heterocycles. The first-order valence-corrected chi connectivity index (χ1v) is 9.79. The molecular formula is C23H26F3N3O. The fraction of sp³-hybridized carbons (Fsp3) is 0.391. The summed E-state index contributed by atoms with van der Waals surface area (Å²) < 4.78 is 38.5. The Labute approximate surface area is 174 Å². The van der Waals surface area contributed by atoms with Crippen LogP contribution in [0.2, 0.25) is 0 Å². The van der Waals surface area contributed by atoms with Gasteiger partial charge in [0.15, 0.2) is 0 Å². The summed E-state index contributed by atoms with van der Waals surface area (Å²) in [5, 5.41) is 3.97. The van der Waals surface area contributed by atoms with Crippen LogP contribution in [0, 0.1) is 6.92 Å². The van der Waals surface area contributed by atoms with Gasteiger partial charge in [-0.15, -0.1) is 0 Å². The number of fused-ring (bicyclic) bond motifs is 1. The first-order valence-electron chi connectivity index (χ1n) is 9.79. The van der Waals surface area contributed by atoms with Crippen molar-refractivity contribution in [1.82, 2.24) is 5.43 Å². The molecule has 1 aliphatic rings. The fourth-order valence-corrected chi connectivity index (χ4v) is 3.94. The van der Waals surface area contributed by atoms with Crippen LogP contribution in [0.15, 0.2) is 41.5 Å². The number of hydrazone groups is 1. The van der Waals surface area contributed by atoms with Crippen LogP contribution in [-0.4, -0.2) is 24.7 Å². The number of hydrogen-bond donors (Lipinski definition) is 1. The second kappa shape index (κ2) is 7.78. The summed E-state index contributed by atoms with van der Waals surface area (Å²) in [6.45, 7) is 8.61. The number of amides is 1. The zero-order valence-corrected chi connectivity index (χ0v) is 17.8. The van der Waals surface area contributed by atoms with E-state index in [9.17, 15) is 18.0 Å². The molecule has 0 aromatic heterocycles. The van der Waals surface area contributed by atoms with Crippen molar-refractivity contribution in [2.24, 2.45) is 5.10 Å². The number of alkyl halides is 3. The minimum atomic E-state index is -4.50. The van der Waals surface area contributed by atoms with Gasteiger partial charge in [-0.25, -0.2) is 5.43 Å². The molecule has 3 rings (SSSR count). The summed E-state index contributed by atoms with van der Waals surface area (Å²) in [6, 6.07) is 8.45. The van der Waals surface area contributed by atoms with Crippen LogP contribution < -0.4 is 10.3 Å². The van der Waals surface area contributed by atoms with E-state index in [2.05, 4.69) is 55.4 Å². The van der Waals surface area contributed by atoms with Crippen LogP contribution in [0.1, 0.15) is 65.7 Å². The zero-order chi connectivity index (χ0) is 22.3. The first-order chi connectivity index (χ1) is 13.9. The summed E-state index contributed by atoms with van der Waals surface area (Å²) in [5.74, 6) is -0.318. The highest BCUT2D eigenvalue weighted by Gasteiger charge is 2.34. The van der Waals surface area contributed by atoms with E-state index in [1.165, 1.54) is 29.6 Å². The lowest BCUT2D eigenvalue weighted by atomic mass is 9.79. The Kier molecular flexibility index (Phi) is 5.67. The number of rotatable bonds is 3. The van der Waals surface area contributed by atoms with Crippen molar-refractivity contribution in [3.8, 4) is 0 Å². The maximum absolute atomic E-state index is 12.8. The minimum absolute atomic E-state index is 0.0629. The van der Waals surface area contributed by atoms with Crippen molar-refractivity contribution in [3.63, 3.8) is 0 Å². The lowest BCUT2D eigenvalue weighted by Gasteiger charge is -2.45. The van der Waals surface area contributed by atoms with Gasteiger partial charge in [0.25, 0.3) is 5.91 Å². The molecule has 2 aromatic rings. The Morgan fingerprint density at radius 2 is 1.97 bits per heavy atom. The number of halogens is 3. The van der Waals surface area contributed by atoms with E-state index in [4.69, 9.17) is 0 Å². The van der Waals surface area contributed by atoms with E-state index in [1.807, 2.05) is 6.92 Å². The van der Waals surface area contributed by atoms with Crippen LogP contribution in [0.4, 0.5) is 18.9 Å². The Morgan fingerprint density at radius 3 is 2.63 bits per heavy atom. The molecule has 4 nitrogen and oxygen atoms in total. The van der Waals surface area contributed by atoms with Gasteiger partial charge in [-0.1, -0.05) is 13.0 Å². The van der Waals surface area contributed by atoms with Gasteiger partial charge in [-0.05, 0) is 80.1 Å². The molecule has 1 heterocycles. The average molecular weight is 417 g/mol. The van der Waals surface area contributed by atoms with E-state index in [0.717, 1.165) is 29.7 Å². The SMILES string of the molecule is Cc1cc2c(cc1/C=N/NC(=O)c1cccc(C(F)(F)F)c1)C(C)CC(C)(C)N2C. The average Bonchev–Trinajstić information content (AvgIpc) is 2.66. The summed E-state index contributed by atoms with van der Waals surface area (Å²) in [4.78, 5) is 14.5. The van der Waals surface area contributed by atoms with Crippen LogP contribution in [0.25, 0.3) is 0 Å². The lowest BCUT2D eigenvalue weighted by molar-refractivity contribution is -0.137. The monoisotopic (exact) mass is 417 g/mol. The number of anilines is 1. The van der Waals surface area contributed by atoms with Gasteiger partial charge < -0.3 is 4.90 Å². The maximum Gasteiger partial charge on any atom is 0.416 e. The quantitative estimate of drug-likeness (QED) is 0.529. The molecule has 0 saturated carbocycles. The summed E-state index contributed by atoms with van der Waals surface area (Å²) >= 11 is 0. The summed E-state index contributed by atoms with van der Waals surface area (Å²) in [7, 11) is 2.09. The third-order valence-corrected chi connectivity index (χ3v) is 5.84. The van der Waals surface area contributed by atoms with Crippen molar-refractivity contribution < 1.29 is 18.0 Å². The molecule has 0 fully saturated rings. The van der Waals surface area contributed by atoms with Gasteiger partial charge in [0.05, 0.1) is 11.8 Å². The predicted molar refractivity (Wildman–Crippen MR) is 113 cm³/mol. The molecule has 0 spiro atoms. The number of carbonyl (C=O) groups is 1. The molecule has 160 valence electrons. The topological polar surface area (TPSA) is 44.7 Å². The second-order valence-electron chi connectivity index (χ2n) is 8.52. The molecular weight excluding hydrogens is 391 g/mol. The molecule has 0 aliphatic carbocycles. The van der Waals surface area contributed by atoms with Crippen molar-refractivity contribution in [2.75, 3.05) is 11.9 Å². The molecule has 7 heteroatoms. The van der Waals surface area contributed by atoms with E-state index in [-0.39, 0.29) is 11.1 Å². The van der Waals surface area contributed by atoms with E-state index < -0.39 is 17.6 Å².